The van der Waals surface area contributed by atoms with Crippen LogP contribution in [0.15, 0.2) is 30.3 Å². The highest BCUT2D eigenvalue weighted by Gasteiger charge is 2.38. The molecule has 0 bridgehead atoms. The van der Waals surface area contributed by atoms with Gasteiger partial charge in [-0.05, 0) is 25.3 Å². The smallest absolute Gasteiger partial charge is 0.259 e. The van der Waals surface area contributed by atoms with Gasteiger partial charge in [-0.3, -0.25) is 4.79 Å². The molecule has 1 aliphatic heterocycles. The second-order valence-corrected chi connectivity index (χ2v) is 5.94. The van der Waals surface area contributed by atoms with Crippen molar-refractivity contribution >= 4 is 11.6 Å². The number of carbonyl (C=O) groups excluding carboxylic acids is 1. The lowest BCUT2D eigenvalue weighted by Crippen LogP contribution is -2.41. The average molecular weight is 243 g/mol. The first-order valence-corrected chi connectivity index (χ1v) is 6.47. The molecule has 0 aliphatic carbocycles. The number of allylic oxidation sites excluding steroid dienone is 1. The van der Waals surface area contributed by atoms with Crippen molar-refractivity contribution in [2.45, 2.75) is 40.7 Å². The maximum atomic E-state index is 12.5. The van der Waals surface area contributed by atoms with Crippen molar-refractivity contribution in [3.63, 3.8) is 0 Å². The SMILES string of the molecule is CC=C1c2ccccc2C(=O)N1C(C)C(C)(C)C. The van der Waals surface area contributed by atoms with Crippen LogP contribution in [0.25, 0.3) is 5.70 Å². The summed E-state index contributed by atoms with van der Waals surface area (Å²) in [7, 11) is 0. The van der Waals surface area contributed by atoms with Crippen LogP contribution in [-0.2, 0) is 0 Å². The Hall–Kier alpha value is -1.57. The summed E-state index contributed by atoms with van der Waals surface area (Å²) in [5, 5.41) is 0. The number of carbonyl (C=O) groups is 1. The van der Waals surface area contributed by atoms with Gasteiger partial charge in [-0.25, -0.2) is 0 Å². The van der Waals surface area contributed by atoms with Crippen LogP contribution < -0.4 is 0 Å². The van der Waals surface area contributed by atoms with E-state index in [2.05, 4.69) is 27.7 Å². The molecule has 0 saturated heterocycles. The van der Waals surface area contributed by atoms with E-state index in [9.17, 15) is 4.79 Å². The second kappa shape index (κ2) is 4.27. The van der Waals surface area contributed by atoms with Crippen molar-refractivity contribution in [3.8, 4) is 0 Å². The molecule has 0 N–H and O–H groups in total. The molecular formula is C16H21NO. The molecule has 0 fully saturated rings. The summed E-state index contributed by atoms with van der Waals surface area (Å²) in [6.45, 7) is 10.6. The molecule has 96 valence electrons. The van der Waals surface area contributed by atoms with E-state index in [-0.39, 0.29) is 17.4 Å². The van der Waals surface area contributed by atoms with Gasteiger partial charge in [-0.2, -0.15) is 0 Å². The van der Waals surface area contributed by atoms with E-state index in [0.29, 0.717) is 0 Å². The van der Waals surface area contributed by atoms with Gasteiger partial charge < -0.3 is 4.90 Å². The largest absolute Gasteiger partial charge is 0.305 e. The number of nitrogens with zero attached hydrogens (tertiary/aromatic N) is 1. The van der Waals surface area contributed by atoms with Crippen LogP contribution >= 0.6 is 0 Å². The van der Waals surface area contributed by atoms with Gasteiger partial charge in [0.15, 0.2) is 0 Å². The minimum Gasteiger partial charge on any atom is -0.305 e. The van der Waals surface area contributed by atoms with Gasteiger partial charge in [-0.15, -0.1) is 0 Å². The molecule has 1 aromatic rings. The van der Waals surface area contributed by atoms with Crippen molar-refractivity contribution in [3.05, 3.63) is 41.5 Å². The number of hydrogen-bond donors (Lipinski definition) is 0. The van der Waals surface area contributed by atoms with Gasteiger partial charge in [0.1, 0.15) is 0 Å². The average Bonchev–Trinajstić information content (AvgIpc) is 2.60. The van der Waals surface area contributed by atoms with Gasteiger partial charge in [0.2, 0.25) is 0 Å². The third-order valence-corrected chi connectivity index (χ3v) is 3.83. The Morgan fingerprint density at radius 1 is 1.17 bits per heavy atom. The summed E-state index contributed by atoms with van der Waals surface area (Å²) in [6.07, 6.45) is 2.03. The van der Waals surface area contributed by atoms with Crippen LogP contribution in [0.5, 0.6) is 0 Å². The predicted molar refractivity (Wildman–Crippen MR) is 75.2 cm³/mol. The fourth-order valence-electron chi connectivity index (χ4n) is 2.33. The van der Waals surface area contributed by atoms with E-state index >= 15 is 0 Å². The Labute approximate surface area is 109 Å². The Bertz CT molecular complexity index is 508. The zero-order valence-electron chi connectivity index (χ0n) is 11.8. The van der Waals surface area contributed by atoms with Crippen molar-refractivity contribution in [1.29, 1.82) is 0 Å². The third-order valence-electron chi connectivity index (χ3n) is 3.83. The van der Waals surface area contributed by atoms with Crippen molar-refractivity contribution in [2.24, 2.45) is 5.41 Å². The summed E-state index contributed by atoms with van der Waals surface area (Å²) in [5.74, 6) is 0.126. The van der Waals surface area contributed by atoms with Crippen LogP contribution in [0.4, 0.5) is 0 Å². The van der Waals surface area contributed by atoms with Crippen LogP contribution in [0.3, 0.4) is 0 Å². The zero-order valence-corrected chi connectivity index (χ0v) is 11.8. The number of fused-ring (bicyclic) bond motifs is 1. The molecule has 1 unspecified atom stereocenters. The van der Waals surface area contributed by atoms with Crippen molar-refractivity contribution in [2.75, 3.05) is 0 Å². The molecule has 2 rings (SSSR count). The summed E-state index contributed by atoms with van der Waals surface area (Å²) in [5.41, 5.74) is 2.98. The Balaban J connectivity index is 2.51. The molecule has 1 atom stereocenters. The maximum Gasteiger partial charge on any atom is 0.259 e. The molecule has 1 amide bonds. The maximum absolute atomic E-state index is 12.5. The van der Waals surface area contributed by atoms with Gasteiger partial charge in [0, 0.05) is 22.9 Å². The van der Waals surface area contributed by atoms with E-state index in [1.807, 2.05) is 42.2 Å². The quantitative estimate of drug-likeness (QED) is 0.731. The summed E-state index contributed by atoms with van der Waals surface area (Å²) < 4.78 is 0. The molecule has 2 heteroatoms. The number of amides is 1. The van der Waals surface area contributed by atoms with Crippen molar-refractivity contribution < 1.29 is 4.79 Å². The van der Waals surface area contributed by atoms with E-state index < -0.39 is 0 Å². The third kappa shape index (κ3) is 1.86. The molecular weight excluding hydrogens is 222 g/mol. The second-order valence-electron chi connectivity index (χ2n) is 5.94. The zero-order chi connectivity index (χ0) is 13.5. The highest BCUT2D eigenvalue weighted by Crippen LogP contribution is 2.38. The summed E-state index contributed by atoms with van der Waals surface area (Å²) in [4.78, 5) is 14.5. The Kier molecular flexibility index (Phi) is 3.05. The lowest BCUT2D eigenvalue weighted by Gasteiger charge is -2.36. The monoisotopic (exact) mass is 243 g/mol. The van der Waals surface area contributed by atoms with Crippen LogP contribution in [-0.4, -0.2) is 16.8 Å². The molecule has 2 nitrogen and oxygen atoms in total. The fraction of sp³-hybridized carbons (Fsp3) is 0.438. The molecule has 0 aromatic heterocycles. The predicted octanol–water partition coefficient (Wildman–Crippen LogP) is 3.94. The normalized spacial score (nSPS) is 19.3. The highest BCUT2D eigenvalue weighted by molar-refractivity contribution is 6.09. The standard InChI is InChI=1S/C16H21NO/c1-6-14-12-9-7-8-10-13(12)15(18)17(14)11(2)16(3,4)5/h6-11H,1-5H3. The van der Waals surface area contributed by atoms with E-state index in [1.165, 1.54) is 0 Å². The Morgan fingerprint density at radius 3 is 2.22 bits per heavy atom. The summed E-state index contributed by atoms with van der Waals surface area (Å²) >= 11 is 0. The van der Waals surface area contributed by atoms with Gasteiger partial charge in [-0.1, -0.05) is 45.0 Å². The topological polar surface area (TPSA) is 20.3 Å². The first kappa shape index (κ1) is 12.9. The number of hydrogen-bond acceptors (Lipinski definition) is 1. The van der Waals surface area contributed by atoms with Crippen LogP contribution in [0, 0.1) is 5.41 Å². The molecule has 0 saturated carbocycles. The number of benzene rings is 1. The van der Waals surface area contributed by atoms with E-state index in [0.717, 1.165) is 16.8 Å². The molecule has 1 aromatic carbocycles. The molecule has 1 heterocycles. The molecule has 18 heavy (non-hydrogen) atoms. The minimum atomic E-state index is 0.0615. The first-order valence-electron chi connectivity index (χ1n) is 6.47. The van der Waals surface area contributed by atoms with Gasteiger partial charge in [0.25, 0.3) is 5.91 Å². The van der Waals surface area contributed by atoms with E-state index in [1.54, 1.807) is 0 Å². The molecule has 1 aliphatic rings. The van der Waals surface area contributed by atoms with Crippen LogP contribution in [0.1, 0.15) is 50.5 Å². The number of rotatable bonds is 1. The van der Waals surface area contributed by atoms with Gasteiger partial charge >= 0.3 is 0 Å². The minimum absolute atomic E-state index is 0.0615. The van der Waals surface area contributed by atoms with Crippen molar-refractivity contribution in [1.82, 2.24) is 4.90 Å². The first-order chi connectivity index (χ1) is 8.38. The van der Waals surface area contributed by atoms with E-state index in [4.69, 9.17) is 0 Å². The van der Waals surface area contributed by atoms with Gasteiger partial charge in [0.05, 0.1) is 0 Å². The highest BCUT2D eigenvalue weighted by atomic mass is 16.2. The summed E-state index contributed by atoms with van der Waals surface area (Å²) in [6, 6.07) is 8.02. The van der Waals surface area contributed by atoms with Crippen LogP contribution in [0.2, 0.25) is 0 Å². The lowest BCUT2D eigenvalue weighted by atomic mass is 9.86. The lowest BCUT2D eigenvalue weighted by molar-refractivity contribution is 0.0726. The molecule has 0 radical (unpaired) electrons. The fourth-order valence-corrected chi connectivity index (χ4v) is 2.33. The molecule has 0 spiro atoms. The Morgan fingerprint density at radius 2 is 1.72 bits per heavy atom.